The van der Waals surface area contributed by atoms with Crippen molar-refractivity contribution in [3.63, 3.8) is 0 Å². The second kappa shape index (κ2) is 11.2. The van der Waals surface area contributed by atoms with E-state index < -0.39 is 0 Å². The maximum atomic E-state index is 13.1. The molecule has 0 aliphatic heterocycles. The van der Waals surface area contributed by atoms with Crippen LogP contribution in [0.1, 0.15) is 32.8 Å². The summed E-state index contributed by atoms with van der Waals surface area (Å²) in [4.78, 5) is 27.5. The van der Waals surface area contributed by atoms with Gasteiger partial charge in [0.15, 0.2) is 0 Å². The second-order valence-electron chi connectivity index (χ2n) is 8.20. The molecule has 3 aromatic carbocycles. The lowest BCUT2D eigenvalue weighted by Gasteiger charge is -2.19. The minimum atomic E-state index is -0.288. The molecule has 4 aromatic rings. The van der Waals surface area contributed by atoms with E-state index in [-0.39, 0.29) is 11.8 Å². The largest absolute Gasteiger partial charge is 0.497 e. The molecule has 35 heavy (non-hydrogen) atoms. The molecule has 0 fully saturated rings. The number of ether oxygens (including phenoxy) is 1. The van der Waals surface area contributed by atoms with Crippen molar-refractivity contribution in [1.29, 1.82) is 0 Å². The molecule has 2 N–H and O–H groups in total. The van der Waals surface area contributed by atoms with Gasteiger partial charge in [-0.2, -0.15) is 5.10 Å². The Bertz CT molecular complexity index is 1280. The first-order valence-electron chi connectivity index (χ1n) is 11.4. The number of anilines is 1. The fourth-order valence-corrected chi connectivity index (χ4v) is 3.78. The van der Waals surface area contributed by atoms with E-state index in [9.17, 15) is 9.59 Å². The minimum absolute atomic E-state index is 0.148. The number of carbonyl (C=O) groups is 2. The molecule has 1 heterocycles. The third-order valence-electron chi connectivity index (χ3n) is 5.74. The number of hydrogen-bond donors (Lipinski definition) is 2. The number of aromatic amines is 1. The zero-order valence-electron chi connectivity index (χ0n) is 19.8. The Morgan fingerprint density at radius 2 is 1.69 bits per heavy atom. The van der Waals surface area contributed by atoms with Gasteiger partial charge in [0.2, 0.25) is 0 Å². The van der Waals surface area contributed by atoms with Crippen LogP contribution in [0.4, 0.5) is 5.69 Å². The number of nitrogens with zero attached hydrogens (tertiary/aromatic N) is 2. The molecule has 0 bridgehead atoms. The third kappa shape index (κ3) is 5.95. The Morgan fingerprint density at radius 1 is 0.971 bits per heavy atom. The van der Waals surface area contributed by atoms with Gasteiger partial charge in [0, 0.05) is 30.4 Å². The zero-order valence-corrected chi connectivity index (χ0v) is 19.8. The van der Waals surface area contributed by atoms with E-state index in [0.717, 1.165) is 29.8 Å². The highest BCUT2D eigenvalue weighted by atomic mass is 16.5. The summed E-state index contributed by atoms with van der Waals surface area (Å²) in [6.07, 6.45) is 1.55. The number of para-hydroxylation sites is 1. The number of aryl methyl sites for hydroxylation is 1. The van der Waals surface area contributed by atoms with Crippen LogP contribution in [0.2, 0.25) is 0 Å². The Labute approximate surface area is 204 Å². The van der Waals surface area contributed by atoms with Crippen LogP contribution in [0.3, 0.4) is 0 Å². The Kier molecular flexibility index (Phi) is 7.57. The van der Waals surface area contributed by atoms with Gasteiger partial charge in [-0.1, -0.05) is 42.5 Å². The van der Waals surface area contributed by atoms with Crippen molar-refractivity contribution in [2.45, 2.75) is 12.8 Å². The minimum Gasteiger partial charge on any atom is -0.497 e. The highest BCUT2D eigenvalue weighted by Gasteiger charge is 2.17. The lowest BCUT2D eigenvalue weighted by atomic mass is 10.1. The van der Waals surface area contributed by atoms with E-state index in [2.05, 4.69) is 15.5 Å². The maximum absolute atomic E-state index is 13.1. The highest BCUT2D eigenvalue weighted by molar-refractivity contribution is 6.09. The number of rotatable bonds is 9. The number of methoxy groups -OCH3 is 1. The summed E-state index contributed by atoms with van der Waals surface area (Å²) in [5, 5.41) is 10.3. The van der Waals surface area contributed by atoms with Crippen molar-refractivity contribution >= 4 is 17.5 Å². The van der Waals surface area contributed by atoms with Gasteiger partial charge >= 0.3 is 0 Å². The number of H-pyrrole nitrogens is 1. The molecular formula is C28H28N4O3. The first kappa shape index (κ1) is 23.8. The van der Waals surface area contributed by atoms with Gasteiger partial charge in [-0.3, -0.25) is 14.7 Å². The number of nitrogens with one attached hydrogen (secondary N) is 2. The Balaban J connectivity index is 1.35. The summed E-state index contributed by atoms with van der Waals surface area (Å²) >= 11 is 0. The average Bonchev–Trinajstić information content (AvgIpc) is 3.38. The highest BCUT2D eigenvalue weighted by Crippen LogP contribution is 2.20. The summed E-state index contributed by atoms with van der Waals surface area (Å²) in [6.45, 7) is 0.569. The molecule has 7 nitrogen and oxygen atoms in total. The molecule has 0 unspecified atom stereocenters. The molecule has 0 aliphatic rings. The molecule has 4 rings (SSSR count). The average molecular weight is 469 g/mol. The number of aromatic nitrogens is 2. The van der Waals surface area contributed by atoms with Crippen LogP contribution in [0.25, 0.3) is 11.3 Å². The van der Waals surface area contributed by atoms with Crippen LogP contribution in [0, 0.1) is 0 Å². The van der Waals surface area contributed by atoms with E-state index >= 15 is 0 Å². The summed E-state index contributed by atoms with van der Waals surface area (Å²) < 4.78 is 5.14. The third-order valence-corrected chi connectivity index (χ3v) is 5.74. The van der Waals surface area contributed by atoms with Crippen molar-refractivity contribution in [1.82, 2.24) is 15.1 Å². The molecule has 0 spiro atoms. The number of benzene rings is 3. The number of carbonyl (C=O) groups excluding carboxylic acids is 2. The molecule has 2 amide bonds. The van der Waals surface area contributed by atoms with Gasteiger partial charge in [0.05, 0.1) is 24.1 Å². The van der Waals surface area contributed by atoms with Crippen molar-refractivity contribution in [3.8, 4) is 17.0 Å². The summed E-state index contributed by atoms with van der Waals surface area (Å²) in [7, 11) is 3.34. The Morgan fingerprint density at radius 3 is 2.43 bits per heavy atom. The molecular weight excluding hydrogens is 440 g/mol. The molecule has 7 heteroatoms. The normalized spacial score (nSPS) is 10.6. The van der Waals surface area contributed by atoms with Crippen molar-refractivity contribution < 1.29 is 14.3 Å². The van der Waals surface area contributed by atoms with Crippen molar-refractivity contribution in [2.24, 2.45) is 0 Å². The van der Waals surface area contributed by atoms with E-state index in [0.29, 0.717) is 29.1 Å². The lowest BCUT2D eigenvalue weighted by Crippen LogP contribution is -2.29. The smallest absolute Gasteiger partial charge is 0.255 e. The first-order chi connectivity index (χ1) is 17.0. The number of amides is 2. The monoisotopic (exact) mass is 468 g/mol. The van der Waals surface area contributed by atoms with Gasteiger partial charge in [-0.05, 0) is 55.3 Å². The zero-order chi connectivity index (χ0) is 24.6. The van der Waals surface area contributed by atoms with Gasteiger partial charge < -0.3 is 15.0 Å². The molecule has 0 saturated carbocycles. The topological polar surface area (TPSA) is 87.3 Å². The summed E-state index contributed by atoms with van der Waals surface area (Å²) in [6, 6.07) is 25.9. The molecule has 0 saturated heterocycles. The van der Waals surface area contributed by atoms with E-state index in [1.165, 1.54) is 0 Å². The van der Waals surface area contributed by atoms with E-state index in [4.69, 9.17) is 4.74 Å². The quantitative estimate of drug-likeness (QED) is 0.360. The lowest BCUT2D eigenvalue weighted by molar-refractivity contribution is 0.0794. The fraction of sp³-hybridized carbons (Fsp3) is 0.179. The summed E-state index contributed by atoms with van der Waals surface area (Å²) in [5.41, 5.74) is 4.41. The van der Waals surface area contributed by atoms with Crippen LogP contribution in [0.5, 0.6) is 5.75 Å². The summed E-state index contributed by atoms with van der Waals surface area (Å²) in [5.74, 6) is 0.236. The first-order valence-corrected chi connectivity index (χ1v) is 11.4. The van der Waals surface area contributed by atoms with Gasteiger partial charge in [-0.25, -0.2) is 0 Å². The van der Waals surface area contributed by atoms with Gasteiger partial charge in [-0.15, -0.1) is 0 Å². The number of hydrogen-bond acceptors (Lipinski definition) is 4. The molecule has 1 aromatic heterocycles. The van der Waals surface area contributed by atoms with Crippen LogP contribution in [0.15, 0.2) is 84.9 Å². The predicted molar refractivity (Wildman–Crippen MR) is 137 cm³/mol. The molecule has 0 aliphatic carbocycles. The van der Waals surface area contributed by atoms with Crippen LogP contribution < -0.4 is 10.1 Å². The SMILES string of the molecule is COc1ccc(C(=O)Nc2ccccc2C(=O)N(C)CCCc2cc(-c3ccccc3)n[nH]2)cc1. The van der Waals surface area contributed by atoms with E-state index in [1.807, 2.05) is 36.4 Å². The van der Waals surface area contributed by atoms with Gasteiger partial charge in [0.25, 0.3) is 11.8 Å². The standard InChI is InChI=1S/C28H28N4O3/c1-32(18-8-11-22-19-26(31-30-22)20-9-4-3-5-10-20)28(34)24-12-6-7-13-25(24)29-27(33)21-14-16-23(35-2)17-15-21/h3-7,9-10,12-17,19H,8,11,18H2,1-2H3,(H,29,33)(H,30,31). The van der Waals surface area contributed by atoms with Crippen LogP contribution in [-0.2, 0) is 6.42 Å². The molecule has 178 valence electrons. The Hall–Kier alpha value is -4.39. The molecule has 0 atom stereocenters. The molecule has 0 radical (unpaired) electrons. The maximum Gasteiger partial charge on any atom is 0.255 e. The van der Waals surface area contributed by atoms with E-state index in [1.54, 1.807) is 67.6 Å². The van der Waals surface area contributed by atoms with Crippen LogP contribution >= 0.6 is 0 Å². The predicted octanol–water partition coefficient (Wildman–Crippen LogP) is 5.04. The van der Waals surface area contributed by atoms with Crippen molar-refractivity contribution in [3.05, 3.63) is 102 Å². The fourth-order valence-electron chi connectivity index (χ4n) is 3.78. The second-order valence-corrected chi connectivity index (χ2v) is 8.20. The van der Waals surface area contributed by atoms with Crippen molar-refractivity contribution in [2.75, 3.05) is 26.0 Å². The van der Waals surface area contributed by atoms with Gasteiger partial charge in [0.1, 0.15) is 5.75 Å². The van der Waals surface area contributed by atoms with Crippen LogP contribution in [-0.4, -0.2) is 47.6 Å².